The molecule has 0 bridgehead atoms. The van der Waals surface area contributed by atoms with Crippen LogP contribution >= 0.6 is 0 Å². The topological polar surface area (TPSA) is 33.4 Å². The maximum atomic E-state index is 13.9. The minimum Gasteiger partial charge on any atom is -0.458 e. The summed E-state index contributed by atoms with van der Waals surface area (Å²) in [6, 6.07) is 8.79. The molecule has 0 spiro atoms. The summed E-state index contributed by atoms with van der Waals surface area (Å²) in [7, 11) is 0. The van der Waals surface area contributed by atoms with Crippen LogP contribution in [0.1, 0.15) is 18.2 Å². The number of hydrogen-bond acceptors (Lipinski definition) is 2. The molecule has 2 aromatic carbocycles. The van der Waals surface area contributed by atoms with E-state index in [-0.39, 0.29) is 11.3 Å². The third-order valence-electron chi connectivity index (χ3n) is 3.43. The van der Waals surface area contributed by atoms with Gasteiger partial charge in [-0.1, -0.05) is 12.1 Å². The molecule has 0 fully saturated rings. The van der Waals surface area contributed by atoms with Gasteiger partial charge in [0.15, 0.2) is 11.6 Å². The van der Waals surface area contributed by atoms with E-state index < -0.39 is 23.1 Å². The third-order valence-corrected chi connectivity index (χ3v) is 3.43. The zero-order chi connectivity index (χ0) is 15.2. The molecule has 0 aliphatic rings. The normalized spacial score (nSPS) is 14.3. The van der Waals surface area contributed by atoms with Gasteiger partial charge in [-0.25, -0.2) is 13.2 Å². The van der Waals surface area contributed by atoms with E-state index in [9.17, 15) is 18.3 Å². The number of aliphatic hydroxyl groups is 1. The largest absolute Gasteiger partial charge is 0.458 e. The molecule has 1 heterocycles. The SMILES string of the molecule is CC(O)(c1cc2cc(F)ccc2o1)c1cccc(F)c1F. The summed E-state index contributed by atoms with van der Waals surface area (Å²) in [5, 5.41) is 11.0. The van der Waals surface area contributed by atoms with E-state index in [4.69, 9.17) is 4.42 Å². The molecule has 3 aromatic rings. The lowest BCUT2D eigenvalue weighted by molar-refractivity contribution is 0.0740. The summed E-state index contributed by atoms with van der Waals surface area (Å²) < 4.78 is 45.8. The predicted octanol–water partition coefficient (Wildman–Crippen LogP) is 4.11. The number of benzene rings is 2. The number of halogens is 3. The fourth-order valence-corrected chi connectivity index (χ4v) is 2.27. The number of fused-ring (bicyclic) bond motifs is 1. The molecule has 1 aromatic heterocycles. The summed E-state index contributed by atoms with van der Waals surface area (Å²) in [5.74, 6) is -2.65. The molecule has 108 valence electrons. The van der Waals surface area contributed by atoms with Gasteiger partial charge in [0.2, 0.25) is 0 Å². The van der Waals surface area contributed by atoms with Crippen molar-refractivity contribution in [2.24, 2.45) is 0 Å². The van der Waals surface area contributed by atoms with Gasteiger partial charge in [-0.05, 0) is 37.3 Å². The van der Waals surface area contributed by atoms with Crippen LogP contribution in [0.3, 0.4) is 0 Å². The van der Waals surface area contributed by atoms with Crippen LogP contribution in [-0.4, -0.2) is 5.11 Å². The summed E-state index contributed by atoms with van der Waals surface area (Å²) in [6.07, 6.45) is 0. The predicted molar refractivity (Wildman–Crippen MR) is 71.2 cm³/mol. The van der Waals surface area contributed by atoms with Crippen LogP contribution in [0.4, 0.5) is 13.2 Å². The Kier molecular flexibility index (Phi) is 3.02. The Bertz CT molecular complexity index is 822. The molecule has 21 heavy (non-hydrogen) atoms. The van der Waals surface area contributed by atoms with Gasteiger partial charge < -0.3 is 9.52 Å². The van der Waals surface area contributed by atoms with Crippen molar-refractivity contribution in [3.05, 3.63) is 71.2 Å². The van der Waals surface area contributed by atoms with Gasteiger partial charge in [0.05, 0.1) is 0 Å². The molecule has 0 saturated carbocycles. The van der Waals surface area contributed by atoms with Gasteiger partial charge >= 0.3 is 0 Å². The van der Waals surface area contributed by atoms with Crippen LogP contribution in [0.15, 0.2) is 46.9 Å². The summed E-state index contributed by atoms with van der Waals surface area (Å²) in [5.41, 5.74) is -1.77. The zero-order valence-electron chi connectivity index (χ0n) is 11.0. The first-order valence-corrected chi connectivity index (χ1v) is 6.26. The van der Waals surface area contributed by atoms with Crippen molar-refractivity contribution in [3.63, 3.8) is 0 Å². The molecule has 5 heteroatoms. The summed E-state index contributed by atoms with van der Waals surface area (Å²) in [6.45, 7) is 1.29. The lowest BCUT2D eigenvalue weighted by Crippen LogP contribution is -2.24. The summed E-state index contributed by atoms with van der Waals surface area (Å²) in [4.78, 5) is 0. The van der Waals surface area contributed by atoms with Crippen molar-refractivity contribution < 1.29 is 22.7 Å². The van der Waals surface area contributed by atoms with Crippen LogP contribution in [-0.2, 0) is 5.60 Å². The van der Waals surface area contributed by atoms with Crippen molar-refractivity contribution in [2.45, 2.75) is 12.5 Å². The number of hydrogen-bond donors (Lipinski definition) is 1. The van der Waals surface area contributed by atoms with E-state index in [2.05, 4.69) is 0 Å². The van der Waals surface area contributed by atoms with Gasteiger partial charge in [0.1, 0.15) is 22.8 Å². The molecule has 2 nitrogen and oxygen atoms in total. The Morgan fingerprint density at radius 1 is 1.05 bits per heavy atom. The van der Waals surface area contributed by atoms with E-state index in [1.807, 2.05) is 0 Å². The van der Waals surface area contributed by atoms with Gasteiger partial charge in [0.25, 0.3) is 0 Å². The Balaban J connectivity index is 2.17. The van der Waals surface area contributed by atoms with Crippen molar-refractivity contribution in [1.82, 2.24) is 0 Å². The lowest BCUT2D eigenvalue weighted by atomic mass is 9.92. The standard InChI is InChI=1S/C16H11F3O2/c1-16(20,11-3-2-4-12(18)15(11)19)14-8-9-7-10(17)5-6-13(9)21-14/h2-8,20H,1H3. The molecule has 0 amide bonds. The van der Waals surface area contributed by atoms with Gasteiger partial charge in [-0.15, -0.1) is 0 Å². The van der Waals surface area contributed by atoms with E-state index in [0.717, 1.165) is 6.07 Å². The lowest BCUT2D eigenvalue weighted by Gasteiger charge is -2.21. The zero-order valence-corrected chi connectivity index (χ0v) is 11.0. The monoisotopic (exact) mass is 292 g/mol. The third kappa shape index (κ3) is 2.19. The Morgan fingerprint density at radius 3 is 2.57 bits per heavy atom. The van der Waals surface area contributed by atoms with Gasteiger partial charge in [-0.2, -0.15) is 0 Å². The van der Waals surface area contributed by atoms with Crippen molar-refractivity contribution in [3.8, 4) is 0 Å². The molecule has 0 aliphatic carbocycles. The quantitative estimate of drug-likeness (QED) is 0.771. The molecular formula is C16H11F3O2. The number of furan rings is 1. The Hall–Kier alpha value is -2.27. The highest BCUT2D eigenvalue weighted by Gasteiger charge is 2.33. The van der Waals surface area contributed by atoms with E-state index in [1.54, 1.807) is 0 Å². The van der Waals surface area contributed by atoms with Gasteiger partial charge in [-0.3, -0.25) is 0 Å². The smallest absolute Gasteiger partial charge is 0.165 e. The highest BCUT2D eigenvalue weighted by Crippen LogP contribution is 2.35. The fourth-order valence-electron chi connectivity index (χ4n) is 2.27. The van der Waals surface area contributed by atoms with E-state index in [1.165, 1.54) is 43.3 Å². The molecular weight excluding hydrogens is 281 g/mol. The van der Waals surface area contributed by atoms with Crippen LogP contribution in [0, 0.1) is 17.5 Å². The van der Waals surface area contributed by atoms with Crippen LogP contribution in [0.5, 0.6) is 0 Å². The second kappa shape index (κ2) is 4.63. The molecule has 0 aliphatic heterocycles. The van der Waals surface area contributed by atoms with E-state index in [0.29, 0.717) is 11.0 Å². The average Bonchev–Trinajstić information content (AvgIpc) is 2.85. The average molecular weight is 292 g/mol. The minimum absolute atomic E-state index is 0.00704. The summed E-state index contributed by atoms with van der Waals surface area (Å²) >= 11 is 0. The first-order valence-electron chi connectivity index (χ1n) is 6.26. The minimum atomic E-state index is -1.87. The molecule has 0 saturated heterocycles. The maximum Gasteiger partial charge on any atom is 0.165 e. The van der Waals surface area contributed by atoms with Crippen LogP contribution in [0.25, 0.3) is 11.0 Å². The first kappa shape index (κ1) is 13.7. The Labute approximate surface area is 118 Å². The first-order chi connectivity index (χ1) is 9.89. The second-order valence-corrected chi connectivity index (χ2v) is 4.97. The van der Waals surface area contributed by atoms with Crippen molar-refractivity contribution in [1.29, 1.82) is 0 Å². The van der Waals surface area contributed by atoms with Gasteiger partial charge in [0, 0.05) is 10.9 Å². The van der Waals surface area contributed by atoms with Crippen LogP contribution in [0.2, 0.25) is 0 Å². The fraction of sp³-hybridized carbons (Fsp3) is 0.125. The number of rotatable bonds is 2. The molecule has 1 N–H and O–H groups in total. The Morgan fingerprint density at radius 2 is 1.81 bits per heavy atom. The van der Waals surface area contributed by atoms with E-state index >= 15 is 0 Å². The molecule has 1 atom stereocenters. The maximum absolute atomic E-state index is 13.9. The molecule has 0 radical (unpaired) electrons. The molecule has 1 unspecified atom stereocenters. The second-order valence-electron chi connectivity index (χ2n) is 4.97. The molecule has 3 rings (SSSR count). The van der Waals surface area contributed by atoms with Crippen molar-refractivity contribution in [2.75, 3.05) is 0 Å². The van der Waals surface area contributed by atoms with Crippen molar-refractivity contribution >= 4 is 11.0 Å². The highest BCUT2D eigenvalue weighted by molar-refractivity contribution is 5.78. The highest BCUT2D eigenvalue weighted by atomic mass is 19.2. The van der Waals surface area contributed by atoms with Crippen LogP contribution < -0.4 is 0 Å².